The number of fused-ring (bicyclic) bond motifs is 1. The molecule has 1 aliphatic heterocycles. The summed E-state index contributed by atoms with van der Waals surface area (Å²) in [5.41, 5.74) is 1.42. The van der Waals surface area contributed by atoms with E-state index in [-0.39, 0.29) is 29.6 Å². The number of nitrogens with zero attached hydrogens (tertiary/aromatic N) is 2. The molecular formula is C15H15N5O4. The fourth-order valence-corrected chi connectivity index (χ4v) is 2.67. The first-order valence-corrected chi connectivity index (χ1v) is 7.20. The van der Waals surface area contributed by atoms with Gasteiger partial charge in [-0.2, -0.15) is 5.10 Å². The van der Waals surface area contributed by atoms with Crippen LogP contribution >= 0.6 is 0 Å². The largest absolute Gasteiger partial charge is 0.464 e. The standard InChI is InChI=1S/C15H15N5O4/c1-16-14(22)12-11-7(6-10(21)18-13(11)20-19-12)8-4-3-5-9(17-8)15(23)24-2/h3-5,7H,6H2,1-2H3,(H,16,22)(H2,18,19,20,21)/t7-/m1/s1. The van der Waals surface area contributed by atoms with Gasteiger partial charge in [0.05, 0.1) is 7.11 Å². The molecule has 3 N–H and O–H groups in total. The van der Waals surface area contributed by atoms with E-state index in [1.165, 1.54) is 20.2 Å². The van der Waals surface area contributed by atoms with Gasteiger partial charge in [-0.3, -0.25) is 14.7 Å². The SMILES string of the molecule is CNC(=O)c1[nH]nc2c1[C@@H](c1cccc(C(=O)OC)n1)CC(=O)N2. The maximum absolute atomic E-state index is 12.0. The van der Waals surface area contributed by atoms with Gasteiger partial charge in [0, 0.05) is 30.6 Å². The molecule has 0 saturated heterocycles. The van der Waals surface area contributed by atoms with E-state index in [9.17, 15) is 14.4 Å². The van der Waals surface area contributed by atoms with E-state index in [2.05, 4.69) is 30.6 Å². The third-order valence-electron chi connectivity index (χ3n) is 3.78. The van der Waals surface area contributed by atoms with Crippen molar-refractivity contribution in [3.05, 3.63) is 40.8 Å². The summed E-state index contributed by atoms with van der Waals surface area (Å²) in [5.74, 6) is -1.37. The molecule has 2 aromatic rings. The van der Waals surface area contributed by atoms with Gasteiger partial charge in [0.1, 0.15) is 11.4 Å². The molecule has 24 heavy (non-hydrogen) atoms. The zero-order chi connectivity index (χ0) is 17.3. The zero-order valence-corrected chi connectivity index (χ0v) is 13.0. The van der Waals surface area contributed by atoms with Crippen LogP contribution in [0, 0.1) is 0 Å². The molecule has 3 heterocycles. The smallest absolute Gasteiger partial charge is 0.356 e. The number of aromatic amines is 1. The van der Waals surface area contributed by atoms with E-state index in [1.54, 1.807) is 12.1 Å². The number of hydrogen-bond donors (Lipinski definition) is 3. The van der Waals surface area contributed by atoms with Crippen LogP contribution < -0.4 is 10.6 Å². The number of carbonyl (C=O) groups excluding carboxylic acids is 3. The van der Waals surface area contributed by atoms with Gasteiger partial charge >= 0.3 is 5.97 Å². The summed E-state index contributed by atoms with van der Waals surface area (Å²) in [4.78, 5) is 39.9. The molecule has 9 heteroatoms. The summed E-state index contributed by atoms with van der Waals surface area (Å²) < 4.78 is 4.67. The van der Waals surface area contributed by atoms with E-state index in [0.29, 0.717) is 17.1 Å². The highest BCUT2D eigenvalue weighted by Gasteiger charge is 2.34. The Morgan fingerprint density at radius 3 is 2.88 bits per heavy atom. The normalized spacial score (nSPS) is 16.1. The molecule has 1 atom stereocenters. The van der Waals surface area contributed by atoms with Gasteiger partial charge in [0.25, 0.3) is 5.91 Å². The number of methoxy groups -OCH3 is 1. The molecule has 0 fully saturated rings. The second kappa shape index (κ2) is 6.11. The molecule has 0 spiro atoms. The minimum atomic E-state index is -0.573. The Morgan fingerprint density at radius 2 is 2.17 bits per heavy atom. The zero-order valence-electron chi connectivity index (χ0n) is 13.0. The maximum Gasteiger partial charge on any atom is 0.356 e. The molecule has 0 saturated carbocycles. The lowest BCUT2D eigenvalue weighted by Gasteiger charge is -2.22. The summed E-state index contributed by atoms with van der Waals surface area (Å²) in [6.07, 6.45) is 0.0914. The second-order valence-electron chi connectivity index (χ2n) is 5.18. The molecule has 1 aliphatic rings. The third-order valence-corrected chi connectivity index (χ3v) is 3.78. The van der Waals surface area contributed by atoms with Gasteiger partial charge in [-0.25, -0.2) is 9.78 Å². The number of hydrogen-bond acceptors (Lipinski definition) is 6. The van der Waals surface area contributed by atoms with Gasteiger partial charge in [-0.1, -0.05) is 6.07 Å². The van der Waals surface area contributed by atoms with Gasteiger partial charge in [-0.15, -0.1) is 0 Å². The minimum absolute atomic E-state index is 0.0914. The maximum atomic E-state index is 12.0. The molecule has 3 rings (SSSR count). The van der Waals surface area contributed by atoms with Crippen LogP contribution in [-0.2, 0) is 9.53 Å². The summed E-state index contributed by atoms with van der Waals surface area (Å²) in [7, 11) is 2.77. The summed E-state index contributed by atoms with van der Waals surface area (Å²) in [6, 6.07) is 4.87. The van der Waals surface area contributed by atoms with Crippen molar-refractivity contribution in [2.75, 3.05) is 19.5 Å². The summed E-state index contributed by atoms with van der Waals surface area (Å²) >= 11 is 0. The molecule has 124 valence electrons. The summed E-state index contributed by atoms with van der Waals surface area (Å²) in [6.45, 7) is 0. The first-order valence-electron chi connectivity index (χ1n) is 7.20. The number of esters is 1. The lowest BCUT2D eigenvalue weighted by molar-refractivity contribution is -0.116. The van der Waals surface area contributed by atoms with Crippen LogP contribution in [0.5, 0.6) is 0 Å². The van der Waals surface area contributed by atoms with Gasteiger partial charge in [-0.05, 0) is 12.1 Å². The number of aromatic nitrogens is 3. The predicted octanol–water partition coefficient (Wildman–Crippen LogP) is 0.425. The Hall–Kier alpha value is -3.23. The molecule has 0 radical (unpaired) electrons. The van der Waals surface area contributed by atoms with Gasteiger partial charge in [0.15, 0.2) is 5.82 Å². The Balaban J connectivity index is 2.10. The number of amides is 2. The highest BCUT2D eigenvalue weighted by Crippen LogP contribution is 2.37. The van der Waals surface area contributed by atoms with Crippen molar-refractivity contribution in [1.29, 1.82) is 0 Å². The van der Waals surface area contributed by atoms with Crippen molar-refractivity contribution in [1.82, 2.24) is 20.5 Å². The van der Waals surface area contributed by atoms with Gasteiger partial charge in [0.2, 0.25) is 5.91 Å². The van der Waals surface area contributed by atoms with E-state index >= 15 is 0 Å². The number of nitrogens with one attached hydrogen (secondary N) is 3. The minimum Gasteiger partial charge on any atom is -0.464 e. The monoisotopic (exact) mass is 329 g/mol. The average Bonchev–Trinajstić information content (AvgIpc) is 3.03. The van der Waals surface area contributed by atoms with Crippen LogP contribution in [0.3, 0.4) is 0 Å². The van der Waals surface area contributed by atoms with E-state index < -0.39 is 11.9 Å². The van der Waals surface area contributed by atoms with E-state index in [0.717, 1.165) is 0 Å². The number of H-pyrrole nitrogens is 1. The Labute approximate surface area is 136 Å². The fraction of sp³-hybridized carbons (Fsp3) is 0.267. The summed E-state index contributed by atoms with van der Waals surface area (Å²) in [5, 5.41) is 11.8. The lowest BCUT2D eigenvalue weighted by Crippen LogP contribution is -2.27. The number of ether oxygens (including phenoxy) is 1. The lowest BCUT2D eigenvalue weighted by atomic mass is 9.88. The molecule has 0 aromatic carbocycles. The molecular weight excluding hydrogens is 314 g/mol. The topological polar surface area (TPSA) is 126 Å². The molecule has 2 amide bonds. The molecule has 0 unspecified atom stereocenters. The van der Waals surface area contributed by atoms with Crippen LogP contribution in [0.4, 0.5) is 5.82 Å². The molecule has 0 aliphatic carbocycles. The van der Waals surface area contributed by atoms with Gasteiger partial charge < -0.3 is 15.4 Å². The molecule has 0 bridgehead atoms. The van der Waals surface area contributed by atoms with Crippen LogP contribution in [0.25, 0.3) is 0 Å². The van der Waals surface area contributed by atoms with Crippen LogP contribution in [0.15, 0.2) is 18.2 Å². The quantitative estimate of drug-likeness (QED) is 0.701. The first kappa shape index (κ1) is 15.7. The number of anilines is 1. The van der Waals surface area contributed by atoms with Crippen molar-refractivity contribution < 1.29 is 19.1 Å². The van der Waals surface area contributed by atoms with Crippen molar-refractivity contribution in [3.8, 4) is 0 Å². The fourth-order valence-electron chi connectivity index (χ4n) is 2.67. The Bertz CT molecular complexity index is 829. The van der Waals surface area contributed by atoms with E-state index in [4.69, 9.17) is 0 Å². The highest BCUT2D eigenvalue weighted by atomic mass is 16.5. The van der Waals surface area contributed by atoms with Crippen molar-refractivity contribution in [2.45, 2.75) is 12.3 Å². The number of rotatable bonds is 3. The average molecular weight is 329 g/mol. The second-order valence-corrected chi connectivity index (χ2v) is 5.18. The van der Waals surface area contributed by atoms with Crippen molar-refractivity contribution in [2.24, 2.45) is 0 Å². The molecule has 9 nitrogen and oxygen atoms in total. The highest BCUT2D eigenvalue weighted by molar-refractivity contribution is 6.00. The Morgan fingerprint density at radius 1 is 1.38 bits per heavy atom. The van der Waals surface area contributed by atoms with Crippen molar-refractivity contribution >= 4 is 23.6 Å². The van der Waals surface area contributed by atoms with E-state index in [1.807, 2.05) is 0 Å². The van der Waals surface area contributed by atoms with Crippen LogP contribution in [0.2, 0.25) is 0 Å². The number of pyridine rings is 1. The Kier molecular flexibility index (Phi) is 3.98. The van der Waals surface area contributed by atoms with Crippen LogP contribution in [-0.4, -0.2) is 47.1 Å². The van der Waals surface area contributed by atoms with Crippen LogP contribution in [0.1, 0.15) is 44.6 Å². The first-order chi connectivity index (χ1) is 11.5. The number of carbonyl (C=O) groups is 3. The predicted molar refractivity (Wildman–Crippen MR) is 82.6 cm³/mol. The third kappa shape index (κ3) is 2.60. The molecule has 2 aromatic heterocycles. The van der Waals surface area contributed by atoms with Crippen molar-refractivity contribution in [3.63, 3.8) is 0 Å².